The van der Waals surface area contributed by atoms with Crippen LogP contribution in [0.1, 0.15) is 15.9 Å². The van der Waals surface area contributed by atoms with Crippen molar-refractivity contribution in [1.82, 2.24) is 5.06 Å². The van der Waals surface area contributed by atoms with Gasteiger partial charge in [-0.25, -0.2) is 5.06 Å². The Kier molecular flexibility index (Phi) is 4.74. The van der Waals surface area contributed by atoms with Crippen LogP contribution in [0.25, 0.3) is 0 Å². The topological polar surface area (TPSA) is 38.8 Å². The lowest BCUT2D eigenvalue weighted by Gasteiger charge is -2.16. The molecule has 0 aliphatic rings. The molecule has 2 rings (SSSR count). The van der Waals surface area contributed by atoms with Crippen LogP contribution in [0.4, 0.5) is 0 Å². The summed E-state index contributed by atoms with van der Waals surface area (Å²) in [5, 5.41) is 1.17. The van der Waals surface area contributed by atoms with Crippen LogP contribution < -0.4 is 4.74 Å². The number of para-hydroxylation sites is 1. The van der Waals surface area contributed by atoms with E-state index in [1.54, 1.807) is 25.2 Å². The number of benzene rings is 2. The van der Waals surface area contributed by atoms with Gasteiger partial charge >= 0.3 is 0 Å². The highest BCUT2D eigenvalue weighted by molar-refractivity contribution is 5.96. The second-order valence-corrected chi connectivity index (χ2v) is 4.26. The van der Waals surface area contributed by atoms with Crippen LogP contribution in [0.2, 0.25) is 0 Å². The molecule has 2 aromatic rings. The van der Waals surface area contributed by atoms with Gasteiger partial charge in [0, 0.05) is 7.05 Å². The number of carbonyl (C=O) groups excluding carboxylic acids is 1. The standard InChI is InChI=1S/C16H17NO3/c1-17(19-2)16(18)14-10-6-7-11-15(14)20-12-13-8-4-3-5-9-13/h3-11H,12H2,1-2H3. The molecule has 0 saturated heterocycles. The summed E-state index contributed by atoms with van der Waals surface area (Å²) in [5.74, 6) is 0.307. The van der Waals surface area contributed by atoms with Crippen molar-refractivity contribution in [2.45, 2.75) is 6.61 Å². The van der Waals surface area contributed by atoms with E-state index >= 15 is 0 Å². The van der Waals surface area contributed by atoms with Crippen LogP contribution in [0.3, 0.4) is 0 Å². The van der Waals surface area contributed by atoms with Crippen molar-refractivity contribution in [3.8, 4) is 5.75 Å². The molecule has 20 heavy (non-hydrogen) atoms. The fourth-order valence-corrected chi connectivity index (χ4v) is 1.76. The van der Waals surface area contributed by atoms with Gasteiger partial charge in [0.1, 0.15) is 12.4 Å². The maximum atomic E-state index is 12.1. The number of hydrogen-bond donors (Lipinski definition) is 0. The van der Waals surface area contributed by atoms with Gasteiger partial charge in [-0.2, -0.15) is 0 Å². The van der Waals surface area contributed by atoms with Crippen molar-refractivity contribution in [1.29, 1.82) is 0 Å². The van der Waals surface area contributed by atoms with Crippen molar-refractivity contribution >= 4 is 5.91 Å². The quantitative estimate of drug-likeness (QED) is 0.785. The van der Waals surface area contributed by atoms with E-state index in [4.69, 9.17) is 9.57 Å². The van der Waals surface area contributed by atoms with E-state index in [-0.39, 0.29) is 5.91 Å². The van der Waals surface area contributed by atoms with Gasteiger partial charge in [0.25, 0.3) is 5.91 Å². The minimum absolute atomic E-state index is 0.240. The van der Waals surface area contributed by atoms with Crippen LogP contribution in [-0.2, 0) is 11.4 Å². The Morgan fingerprint density at radius 1 is 1.05 bits per heavy atom. The van der Waals surface area contributed by atoms with Gasteiger partial charge in [-0.15, -0.1) is 0 Å². The van der Waals surface area contributed by atoms with Gasteiger partial charge < -0.3 is 4.74 Å². The summed E-state index contributed by atoms with van der Waals surface area (Å²) in [7, 11) is 3.02. The number of rotatable bonds is 5. The number of hydroxylamine groups is 2. The second kappa shape index (κ2) is 6.73. The Hall–Kier alpha value is -2.33. The molecule has 4 nitrogen and oxygen atoms in total. The average Bonchev–Trinajstić information content (AvgIpc) is 2.52. The number of ether oxygens (including phenoxy) is 1. The summed E-state index contributed by atoms with van der Waals surface area (Å²) in [6.45, 7) is 0.418. The maximum Gasteiger partial charge on any atom is 0.280 e. The van der Waals surface area contributed by atoms with E-state index in [0.717, 1.165) is 5.56 Å². The van der Waals surface area contributed by atoms with Crippen molar-refractivity contribution in [3.63, 3.8) is 0 Å². The largest absolute Gasteiger partial charge is 0.488 e. The minimum Gasteiger partial charge on any atom is -0.488 e. The highest BCUT2D eigenvalue weighted by Gasteiger charge is 2.16. The third kappa shape index (κ3) is 3.36. The first kappa shape index (κ1) is 14.1. The molecule has 0 aromatic heterocycles. The Morgan fingerprint density at radius 2 is 1.70 bits per heavy atom. The summed E-state index contributed by atoms with van der Waals surface area (Å²) < 4.78 is 5.74. The zero-order valence-corrected chi connectivity index (χ0v) is 11.6. The van der Waals surface area contributed by atoms with E-state index < -0.39 is 0 Å². The molecule has 1 amide bonds. The zero-order valence-electron chi connectivity index (χ0n) is 11.6. The summed E-state index contributed by atoms with van der Waals surface area (Å²) >= 11 is 0. The second-order valence-electron chi connectivity index (χ2n) is 4.26. The molecular weight excluding hydrogens is 254 g/mol. The van der Waals surface area contributed by atoms with Crippen LogP contribution in [-0.4, -0.2) is 25.1 Å². The molecule has 0 fully saturated rings. The van der Waals surface area contributed by atoms with Gasteiger partial charge in [-0.05, 0) is 17.7 Å². The van der Waals surface area contributed by atoms with Crippen LogP contribution in [0.5, 0.6) is 5.75 Å². The monoisotopic (exact) mass is 271 g/mol. The van der Waals surface area contributed by atoms with E-state index in [2.05, 4.69) is 0 Å². The average molecular weight is 271 g/mol. The third-order valence-corrected chi connectivity index (χ3v) is 2.91. The number of carbonyl (C=O) groups is 1. The normalized spacial score (nSPS) is 10.1. The lowest BCUT2D eigenvalue weighted by Crippen LogP contribution is -2.25. The van der Waals surface area contributed by atoms with E-state index in [9.17, 15) is 4.79 Å². The molecule has 104 valence electrons. The molecule has 0 N–H and O–H groups in total. The van der Waals surface area contributed by atoms with E-state index in [0.29, 0.717) is 17.9 Å². The zero-order chi connectivity index (χ0) is 14.4. The SMILES string of the molecule is CON(C)C(=O)c1ccccc1OCc1ccccc1. The molecule has 0 radical (unpaired) electrons. The maximum absolute atomic E-state index is 12.1. The highest BCUT2D eigenvalue weighted by atomic mass is 16.7. The fraction of sp³-hybridized carbons (Fsp3) is 0.188. The molecule has 0 aliphatic heterocycles. The lowest BCUT2D eigenvalue weighted by atomic mass is 10.2. The molecule has 0 spiro atoms. The van der Waals surface area contributed by atoms with Crippen molar-refractivity contribution in [2.75, 3.05) is 14.2 Å². The molecule has 0 heterocycles. The Labute approximate surface area is 118 Å². The summed E-state index contributed by atoms with van der Waals surface area (Å²) in [4.78, 5) is 17.0. The van der Waals surface area contributed by atoms with Crippen LogP contribution in [0, 0.1) is 0 Å². The van der Waals surface area contributed by atoms with E-state index in [1.165, 1.54) is 12.2 Å². The van der Waals surface area contributed by atoms with Crippen molar-refractivity contribution in [2.24, 2.45) is 0 Å². The predicted molar refractivity (Wildman–Crippen MR) is 76.3 cm³/mol. The third-order valence-electron chi connectivity index (χ3n) is 2.91. The highest BCUT2D eigenvalue weighted by Crippen LogP contribution is 2.20. The van der Waals surface area contributed by atoms with Gasteiger partial charge in [-0.3, -0.25) is 9.63 Å². The Morgan fingerprint density at radius 3 is 2.40 bits per heavy atom. The summed E-state index contributed by atoms with van der Waals surface area (Å²) in [6, 6.07) is 16.9. The van der Waals surface area contributed by atoms with Crippen molar-refractivity contribution in [3.05, 3.63) is 65.7 Å². The smallest absolute Gasteiger partial charge is 0.280 e. The number of nitrogens with zero attached hydrogens (tertiary/aromatic N) is 1. The Balaban J connectivity index is 2.14. The molecule has 0 atom stereocenters. The van der Waals surface area contributed by atoms with Crippen LogP contribution in [0.15, 0.2) is 54.6 Å². The van der Waals surface area contributed by atoms with Gasteiger partial charge in [0.05, 0.1) is 12.7 Å². The molecule has 4 heteroatoms. The minimum atomic E-state index is -0.240. The first-order valence-corrected chi connectivity index (χ1v) is 6.30. The molecule has 2 aromatic carbocycles. The Bertz CT molecular complexity index is 569. The van der Waals surface area contributed by atoms with Crippen LogP contribution >= 0.6 is 0 Å². The molecule has 0 aliphatic carbocycles. The first-order valence-electron chi connectivity index (χ1n) is 6.30. The fourth-order valence-electron chi connectivity index (χ4n) is 1.76. The summed E-state index contributed by atoms with van der Waals surface area (Å²) in [6.07, 6.45) is 0. The lowest BCUT2D eigenvalue weighted by molar-refractivity contribution is -0.0758. The summed E-state index contributed by atoms with van der Waals surface area (Å²) in [5.41, 5.74) is 1.53. The number of hydrogen-bond acceptors (Lipinski definition) is 3. The van der Waals surface area contributed by atoms with Gasteiger partial charge in [0.2, 0.25) is 0 Å². The molecule has 0 saturated carbocycles. The first-order chi connectivity index (χ1) is 9.72. The van der Waals surface area contributed by atoms with Crippen molar-refractivity contribution < 1.29 is 14.4 Å². The van der Waals surface area contributed by atoms with Gasteiger partial charge in [0.15, 0.2) is 0 Å². The molecule has 0 unspecified atom stereocenters. The molecular formula is C16H17NO3. The number of amides is 1. The predicted octanol–water partition coefficient (Wildman–Crippen LogP) is 2.90. The van der Waals surface area contributed by atoms with Gasteiger partial charge in [-0.1, -0.05) is 42.5 Å². The molecule has 0 bridgehead atoms. The van der Waals surface area contributed by atoms with E-state index in [1.807, 2.05) is 36.4 Å².